The molecular weight excluding hydrogens is 851 g/mol. The fourth-order valence-corrected chi connectivity index (χ4v) is 7.51. The summed E-state index contributed by atoms with van der Waals surface area (Å²) >= 11 is 28.5. The van der Waals surface area contributed by atoms with Crippen LogP contribution in [-0.4, -0.2) is 75.6 Å². The maximum Gasteiger partial charge on any atom is 0.411 e. The van der Waals surface area contributed by atoms with Crippen molar-refractivity contribution in [3.8, 4) is 5.75 Å². The number of carbonyl (C=O) groups excluding carboxylic acids is 2. The van der Waals surface area contributed by atoms with E-state index in [4.69, 9.17) is 55.9 Å². The largest absolute Gasteiger partial charge is 0.492 e. The van der Waals surface area contributed by atoms with E-state index in [0.29, 0.717) is 59.9 Å². The Hall–Kier alpha value is -2.24. The highest BCUT2D eigenvalue weighted by Gasteiger charge is 2.50. The third-order valence-corrected chi connectivity index (χ3v) is 12.3. The van der Waals surface area contributed by atoms with E-state index < -0.39 is 21.5 Å². The first-order valence-electron chi connectivity index (χ1n) is 17.5. The molecule has 7 nitrogen and oxygen atoms in total. The van der Waals surface area contributed by atoms with Gasteiger partial charge in [0, 0.05) is 42.3 Å². The van der Waals surface area contributed by atoms with Gasteiger partial charge in [-0.2, -0.15) is 0 Å². The highest BCUT2D eigenvalue weighted by Crippen LogP contribution is 2.43. The molecule has 3 aromatic rings. The Balaban J connectivity index is 0.00000541. The first kappa shape index (κ1) is 41.9. The van der Waals surface area contributed by atoms with E-state index in [2.05, 4.69) is 45.5 Å². The van der Waals surface area contributed by atoms with E-state index in [1.165, 1.54) is 12.1 Å². The molecule has 286 valence electrons. The average molecular weight is 893 g/mol. The number of carbonyl (C=O) groups is 2. The van der Waals surface area contributed by atoms with Crippen molar-refractivity contribution in [2.45, 2.75) is 79.9 Å². The SMILES string of the molecule is CC(C)(OC(=O)N1C2CNCC1C(C(=O)N(CCc1ccccc1Cl)C1CC1)=C(c1ccc(CCCOc3cc(F)ccc3Br)cc1)C2)C(Cl)(Cl)Cl.Cl. The number of benzene rings is 3. The fourth-order valence-electron chi connectivity index (χ4n) is 6.80. The van der Waals surface area contributed by atoms with Crippen LogP contribution < -0.4 is 10.1 Å². The second-order valence-electron chi connectivity index (χ2n) is 14.0. The quantitative estimate of drug-likeness (QED) is 0.145. The van der Waals surface area contributed by atoms with Gasteiger partial charge in [0.05, 0.1) is 23.2 Å². The number of fused-ring (bicyclic) bond motifs is 2. The van der Waals surface area contributed by atoms with Crippen LogP contribution >= 0.6 is 74.7 Å². The number of nitrogens with zero attached hydrogens (tertiary/aromatic N) is 2. The van der Waals surface area contributed by atoms with Crippen molar-refractivity contribution >= 4 is 92.3 Å². The lowest BCUT2D eigenvalue weighted by Crippen LogP contribution is -2.64. The molecule has 14 heteroatoms. The molecule has 1 saturated heterocycles. The Kier molecular flexibility index (Phi) is 14.0. The number of nitrogens with one attached hydrogen (secondary N) is 1. The topological polar surface area (TPSA) is 71.1 Å². The van der Waals surface area contributed by atoms with Gasteiger partial charge in [-0.15, -0.1) is 12.4 Å². The van der Waals surface area contributed by atoms with Gasteiger partial charge in [-0.05, 0) is 109 Å². The first-order chi connectivity index (χ1) is 24.7. The minimum Gasteiger partial charge on any atom is -0.492 e. The van der Waals surface area contributed by atoms with Gasteiger partial charge in [-0.25, -0.2) is 9.18 Å². The van der Waals surface area contributed by atoms with Gasteiger partial charge in [-0.3, -0.25) is 9.69 Å². The maximum atomic E-state index is 14.9. The Morgan fingerprint density at radius 2 is 1.74 bits per heavy atom. The molecule has 0 radical (unpaired) electrons. The van der Waals surface area contributed by atoms with Crippen LogP contribution in [0.5, 0.6) is 5.75 Å². The normalized spacial score (nSPS) is 18.7. The van der Waals surface area contributed by atoms with Crippen LogP contribution in [0.1, 0.15) is 56.2 Å². The van der Waals surface area contributed by atoms with Crippen LogP contribution in [0.2, 0.25) is 5.02 Å². The van der Waals surface area contributed by atoms with Crippen molar-refractivity contribution in [2.75, 3.05) is 26.2 Å². The number of amides is 2. The number of piperazine rings is 1. The van der Waals surface area contributed by atoms with Gasteiger partial charge in [0.2, 0.25) is 3.79 Å². The van der Waals surface area contributed by atoms with Gasteiger partial charge in [0.25, 0.3) is 5.91 Å². The first-order valence-corrected chi connectivity index (χ1v) is 19.8. The summed E-state index contributed by atoms with van der Waals surface area (Å²) in [7, 11) is 0. The molecule has 2 aliphatic heterocycles. The van der Waals surface area contributed by atoms with Gasteiger partial charge >= 0.3 is 6.09 Å². The summed E-state index contributed by atoms with van der Waals surface area (Å²) in [5, 5.41) is 4.11. The third-order valence-electron chi connectivity index (χ3n) is 9.90. The van der Waals surface area contributed by atoms with E-state index in [9.17, 15) is 14.0 Å². The Labute approximate surface area is 345 Å². The molecule has 53 heavy (non-hydrogen) atoms. The lowest BCUT2D eigenvalue weighted by molar-refractivity contribution is -0.128. The van der Waals surface area contributed by atoms with E-state index in [1.54, 1.807) is 24.8 Å². The van der Waals surface area contributed by atoms with Crippen molar-refractivity contribution in [2.24, 2.45) is 0 Å². The molecule has 6 rings (SSSR count). The van der Waals surface area contributed by atoms with Crippen LogP contribution in [0.3, 0.4) is 0 Å². The average Bonchev–Trinajstić information content (AvgIpc) is 3.93. The Morgan fingerprint density at radius 1 is 1.02 bits per heavy atom. The zero-order valence-corrected chi connectivity index (χ0v) is 34.8. The van der Waals surface area contributed by atoms with Crippen molar-refractivity contribution in [1.29, 1.82) is 0 Å². The Bertz CT molecular complexity index is 1820. The monoisotopic (exact) mass is 889 g/mol. The summed E-state index contributed by atoms with van der Waals surface area (Å²) in [5.41, 5.74) is 3.08. The smallest absolute Gasteiger partial charge is 0.411 e. The van der Waals surface area contributed by atoms with Gasteiger partial charge in [-0.1, -0.05) is 88.9 Å². The third kappa shape index (κ3) is 9.96. The molecule has 1 aliphatic carbocycles. The minimum atomic E-state index is -1.86. The zero-order valence-electron chi connectivity index (χ0n) is 29.4. The number of alkyl halides is 3. The molecule has 1 saturated carbocycles. The van der Waals surface area contributed by atoms with E-state index >= 15 is 0 Å². The highest BCUT2D eigenvalue weighted by atomic mass is 79.9. The van der Waals surface area contributed by atoms with Crippen LogP contribution in [0, 0.1) is 5.82 Å². The van der Waals surface area contributed by atoms with E-state index in [-0.39, 0.29) is 36.2 Å². The molecule has 3 aromatic carbocycles. The lowest BCUT2D eigenvalue weighted by atomic mass is 9.81. The van der Waals surface area contributed by atoms with Gasteiger partial charge in [0.15, 0.2) is 5.60 Å². The van der Waals surface area contributed by atoms with Crippen molar-refractivity contribution in [1.82, 2.24) is 15.1 Å². The summed E-state index contributed by atoms with van der Waals surface area (Å²) < 4.78 is 24.2. The molecule has 0 aromatic heterocycles. The predicted molar refractivity (Wildman–Crippen MR) is 216 cm³/mol. The maximum absolute atomic E-state index is 14.9. The summed E-state index contributed by atoms with van der Waals surface area (Å²) in [4.78, 5) is 32.5. The van der Waals surface area contributed by atoms with Crippen molar-refractivity contribution < 1.29 is 23.5 Å². The minimum absolute atomic E-state index is 0. The van der Waals surface area contributed by atoms with Crippen LogP contribution in [0.25, 0.3) is 5.57 Å². The molecule has 3 aliphatic rings. The summed E-state index contributed by atoms with van der Waals surface area (Å²) in [6.07, 6.45) is 3.73. The number of ether oxygens (including phenoxy) is 2. The number of hydrogen-bond acceptors (Lipinski definition) is 5. The highest BCUT2D eigenvalue weighted by molar-refractivity contribution is 9.10. The molecule has 1 N–H and O–H groups in total. The molecule has 2 bridgehead atoms. The summed E-state index contributed by atoms with van der Waals surface area (Å²) in [6.45, 7) is 4.92. The van der Waals surface area contributed by atoms with Gasteiger partial charge in [0.1, 0.15) is 11.6 Å². The fraction of sp³-hybridized carbons (Fsp3) is 0.436. The summed E-state index contributed by atoms with van der Waals surface area (Å²) in [5.74, 6) is 0.0219. The molecule has 2 fully saturated rings. The molecule has 2 amide bonds. The van der Waals surface area contributed by atoms with Crippen molar-refractivity contribution in [3.63, 3.8) is 0 Å². The molecule has 0 spiro atoms. The van der Waals surface area contributed by atoms with Crippen LogP contribution in [-0.2, 0) is 22.4 Å². The molecule has 2 unspecified atom stereocenters. The van der Waals surface area contributed by atoms with E-state index in [0.717, 1.165) is 47.9 Å². The van der Waals surface area contributed by atoms with Crippen LogP contribution in [0.15, 0.2) is 76.8 Å². The predicted octanol–water partition coefficient (Wildman–Crippen LogP) is 9.99. The summed E-state index contributed by atoms with van der Waals surface area (Å²) in [6, 6.07) is 19.5. The second kappa shape index (κ2) is 17.7. The van der Waals surface area contributed by atoms with Crippen LogP contribution in [0.4, 0.5) is 9.18 Å². The molecular formula is C39H42BrCl5FN3O4. The standard InChI is InChI=1S/C39H41BrCl4FN3O4.ClH/c1-38(2,39(42,43)44)52-37(50)48-29-21-30(25-11-9-24(10-12-25)6-5-19-51-34-20-27(45)13-16-31(34)40)35(33(48)23-46-22-29)36(49)47(28-14-15-28)18-17-26-7-3-4-8-32(26)41;/h3-4,7-13,16,20,28-29,33,46H,5-6,14-15,17-19,21-23H2,1-2H3;1H. The zero-order chi connectivity index (χ0) is 37.2. The lowest BCUT2D eigenvalue weighted by Gasteiger charge is -2.48. The molecule has 2 heterocycles. The number of hydrogen-bond donors (Lipinski definition) is 1. The molecule has 2 atom stereocenters. The van der Waals surface area contributed by atoms with E-state index in [1.807, 2.05) is 29.2 Å². The second-order valence-corrected chi connectivity index (χ2v) is 17.5. The number of halogens is 7. The van der Waals surface area contributed by atoms with Gasteiger partial charge < -0.3 is 19.7 Å². The number of rotatable bonds is 12. The van der Waals surface area contributed by atoms with Crippen molar-refractivity contribution in [3.05, 3.63) is 104 Å². The number of aryl methyl sites for hydroxylation is 1. The Morgan fingerprint density at radius 3 is 2.42 bits per heavy atom.